The van der Waals surface area contributed by atoms with Crippen LogP contribution in [0.1, 0.15) is 12.2 Å². The maximum Gasteiger partial charge on any atom is 0.158 e. The summed E-state index contributed by atoms with van der Waals surface area (Å²) in [5.74, 6) is 1.54. The molecule has 1 fully saturated rings. The van der Waals surface area contributed by atoms with Crippen molar-refractivity contribution >= 4 is 17.4 Å². The third kappa shape index (κ3) is 3.54. The fourth-order valence-electron chi connectivity index (χ4n) is 2.08. The van der Waals surface area contributed by atoms with Gasteiger partial charge in [-0.15, -0.1) is 0 Å². The van der Waals surface area contributed by atoms with Crippen molar-refractivity contribution in [3.63, 3.8) is 0 Å². The molecule has 1 saturated heterocycles. The van der Waals surface area contributed by atoms with Crippen molar-refractivity contribution in [1.29, 1.82) is 0 Å². The number of halogens is 1. The van der Waals surface area contributed by atoms with Crippen molar-refractivity contribution in [1.82, 2.24) is 14.9 Å². The van der Waals surface area contributed by atoms with Crippen LogP contribution < -0.4 is 4.90 Å². The minimum absolute atomic E-state index is 0.390. The highest BCUT2D eigenvalue weighted by molar-refractivity contribution is 6.29. The van der Waals surface area contributed by atoms with Crippen molar-refractivity contribution in [3.05, 3.63) is 17.0 Å². The standard InChI is InChI=1S/C12H19ClN4O/c1-16-4-3-5-17(7-6-16)12-8-10(13)14-11(15-12)9-18-2/h8H,3-7,9H2,1-2H3. The Morgan fingerprint density at radius 1 is 1.28 bits per heavy atom. The summed E-state index contributed by atoms with van der Waals surface area (Å²) in [7, 11) is 3.78. The largest absolute Gasteiger partial charge is 0.377 e. The van der Waals surface area contributed by atoms with Gasteiger partial charge in [0.1, 0.15) is 17.6 Å². The van der Waals surface area contributed by atoms with Crippen LogP contribution in [0.25, 0.3) is 0 Å². The van der Waals surface area contributed by atoms with Gasteiger partial charge in [-0.1, -0.05) is 11.6 Å². The van der Waals surface area contributed by atoms with Gasteiger partial charge in [0.25, 0.3) is 0 Å². The van der Waals surface area contributed by atoms with Crippen LogP contribution in [0.3, 0.4) is 0 Å². The van der Waals surface area contributed by atoms with E-state index in [0.717, 1.165) is 38.4 Å². The fourth-order valence-corrected chi connectivity index (χ4v) is 2.28. The smallest absolute Gasteiger partial charge is 0.158 e. The number of nitrogens with zero attached hydrogens (tertiary/aromatic N) is 4. The average molecular weight is 271 g/mol. The summed E-state index contributed by atoms with van der Waals surface area (Å²) in [5, 5.41) is 0.477. The zero-order valence-corrected chi connectivity index (χ0v) is 11.7. The van der Waals surface area contributed by atoms with Crippen molar-refractivity contribution < 1.29 is 4.74 Å². The van der Waals surface area contributed by atoms with E-state index in [1.807, 2.05) is 6.07 Å². The molecular weight excluding hydrogens is 252 g/mol. The van der Waals surface area contributed by atoms with E-state index in [0.29, 0.717) is 17.6 Å². The molecule has 18 heavy (non-hydrogen) atoms. The molecule has 0 atom stereocenters. The van der Waals surface area contributed by atoms with Crippen LogP contribution in [-0.2, 0) is 11.3 Å². The number of methoxy groups -OCH3 is 1. The first-order chi connectivity index (χ1) is 8.69. The van der Waals surface area contributed by atoms with Crippen molar-refractivity contribution in [2.45, 2.75) is 13.0 Å². The molecule has 1 aromatic heterocycles. The van der Waals surface area contributed by atoms with E-state index in [1.54, 1.807) is 7.11 Å². The quantitative estimate of drug-likeness (QED) is 0.777. The second-order valence-electron chi connectivity index (χ2n) is 4.54. The van der Waals surface area contributed by atoms with Gasteiger partial charge in [-0.25, -0.2) is 9.97 Å². The molecule has 1 aliphatic heterocycles. The molecule has 100 valence electrons. The number of ether oxygens (including phenoxy) is 1. The third-order valence-electron chi connectivity index (χ3n) is 3.04. The Kier molecular flexibility index (Phi) is 4.74. The topological polar surface area (TPSA) is 41.5 Å². The zero-order valence-electron chi connectivity index (χ0n) is 10.9. The summed E-state index contributed by atoms with van der Waals surface area (Å²) in [4.78, 5) is 13.2. The van der Waals surface area contributed by atoms with Crippen molar-refractivity contribution in [3.8, 4) is 0 Å². The van der Waals surface area contributed by atoms with Gasteiger partial charge in [0.05, 0.1) is 0 Å². The van der Waals surface area contributed by atoms with Crippen LogP contribution in [0.4, 0.5) is 5.82 Å². The number of likely N-dealkylation sites (N-methyl/N-ethyl adjacent to an activating group) is 1. The summed E-state index contributed by atoms with van der Waals surface area (Å²) >= 11 is 6.03. The molecule has 0 amide bonds. The number of hydrogen-bond acceptors (Lipinski definition) is 5. The Morgan fingerprint density at radius 2 is 2.11 bits per heavy atom. The lowest BCUT2D eigenvalue weighted by molar-refractivity contribution is 0.178. The highest BCUT2D eigenvalue weighted by Gasteiger charge is 2.15. The summed E-state index contributed by atoms with van der Waals surface area (Å²) in [6, 6.07) is 1.83. The lowest BCUT2D eigenvalue weighted by Gasteiger charge is -2.22. The van der Waals surface area contributed by atoms with Gasteiger partial charge in [-0.3, -0.25) is 0 Å². The molecule has 6 heteroatoms. The number of rotatable bonds is 3. The summed E-state index contributed by atoms with van der Waals surface area (Å²) < 4.78 is 5.06. The van der Waals surface area contributed by atoms with Gasteiger partial charge < -0.3 is 14.5 Å². The molecule has 2 heterocycles. The molecule has 0 bridgehead atoms. The van der Waals surface area contributed by atoms with E-state index in [9.17, 15) is 0 Å². The van der Waals surface area contributed by atoms with E-state index >= 15 is 0 Å². The molecule has 0 saturated carbocycles. The minimum atomic E-state index is 0.390. The molecule has 0 aliphatic carbocycles. The Hall–Kier alpha value is -0.910. The molecule has 0 spiro atoms. The van der Waals surface area contributed by atoms with Crippen LogP contribution in [0.2, 0.25) is 5.15 Å². The highest BCUT2D eigenvalue weighted by Crippen LogP contribution is 2.18. The van der Waals surface area contributed by atoms with Gasteiger partial charge in [-0.2, -0.15) is 0 Å². The third-order valence-corrected chi connectivity index (χ3v) is 3.24. The van der Waals surface area contributed by atoms with Gasteiger partial charge in [0.2, 0.25) is 0 Å². The normalized spacial score (nSPS) is 17.8. The first-order valence-corrected chi connectivity index (χ1v) is 6.52. The van der Waals surface area contributed by atoms with Gasteiger partial charge in [0.15, 0.2) is 5.82 Å². The van der Waals surface area contributed by atoms with Crippen LogP contribution in [0.5, 0.6) is 0 Å². The number of hydrogen-bond donors (Lipinski definition) is 0. The van der Waals surface area contributed by atoms with E-state index in [-0.39, 0.29) is 0 Å². The van der Waals surface area contributed by atoms with Crippen LogP contribution in [0.15, 0.2) is 6.07 Å². The zero-order chi connectivity index (χ0) is 13.0. The Balaban J connectivity index is 2.15. The molecule has 0 unspecified atom stereocenters. The molecule has 5 nitrogen and oxygen atoms in total. The fraction of sp³-hybridized carbons (Fsp3) is 0.667. The van der Waals surface area contributed by atoms with Crippen LogP contribution >= 0.6 is 11.6 Å². The predicted molar refractivity (Wildman–Crippen MR) is 72.1 cm³/mol. The first kappa shape index (κ1) is 13.5. The minimum Gasteiger partial charge on any atom is -0.377 e. The van der Waals surface area contributed by atoms with Crippen molar-refractivity contribution in [2.24, 2.45) is 0 Å². The van der Waals surface area contributed by atoms with Gasteiger partial charge >= 0.3 is 0 Å². The van der Waals surface area contributed by atoms with E-state index in [1.165, 1.54) is 0 Å². The molecule has 0 aromatic carbocycles. The lowest BCUT2D eigenvalue weighted by Crippen LogP contribution is -2.29. The summed E-state index contributed by atoms with van der Waals surface area (Å²) in [6.45, 7) is 4.53. The van der Waals surface area contributed by atoms with Crippen LogP contribution in [-0.4, -0.2) is 55.2 Å². The Bertz CT molecular complexity index is 402. The number of aromatic nitrogens is 2. The monoisotopic (exact) mass is 270 g/mol. The molecule has 1 aliphatic rings. The van der Waals surface area contributed by atoms with E-state index < -0.39 is 0 Å². The molecule has 0 N–H and O–H groups in total. The second-order valence-corrected chi connectivity index (χ2v) is 4.93. The van der Waals surface area contributed by atoms with Gasteiger partial charge in [0, 0.05) is 32.8 Å². The second kappa shape index (κ2) is 6.31. The first-order valence-electron chi connectivity index (χ1n) is 6.15. The van der Waals surface area contributed by atoms with Crippen LogP contribution in [0, 0.1) is 0 Å². The van der Waals surface area contributed by atoms with Crippen molar-refractivity contribution in [2.75, 3.05) is 45.2 Å². The predicted octanol–water partition coefficient (Wildman–Crippen LogP) is 1.42. The number of anilines is 1. The summed E-state index contributed by atoms with van der Waals surface area (Å²) in [6.07, 6.45) is 1.14. The SMILES string of the molecule is COCc1nc(Cl)cc(N2CCCN(C)CC2)n1. The molecule has 2 rings (SSSR count). The Labute approximate surface area is 113 Å². The highest BCUT2D eigenvalue weighted by atomic mass is 35.5. The molecular formula is C12H19ClN4O. The Morgan fingerprint density at radius 3 is 2.89 bits per heavy atom. The van der Waals surface area contributed by atoms with E-state index in [2.05, 4.69) is 26.8 Å². The van der Waals surface area contributed by atoms with Gasteiger partial charge in [-0.05, 0) is 20.0 Å². The lowest BCUT2D eigenvalue weighted by atomic mass is 10.4. The molecule has 0 radical (unpaired) electrons. The maximum atomic E-state index is 6.03. The average Bonchev–Trinajstić information content (AvgIpc) is 2.54. The van der Waals surface area contributed by atoms with E-state index in [4.69, 9.17) is 16.3 Å². The molecule has 1 aromatic rings. The maximum absolute atomic E-state index is 6.03. The summed E-state index contributed by atoms with van der Waals surface area (Å²) in [5.41, 5.74) is 0.